The summed E-state index contributed by atoms with van der Waals surface area (Å²) in [6.45, 7) is 0. The van der Waals surface area contributed by atoms with Crippen LogP contribution >= 0.6 is 0 Å². The Labute approximate surface area is 196 Å². The fourth-order valence-corrected chi connectivity index (χ4v) is 4.24. The quantitative estimate of drug-likeness (QED) is 0.343. The molecule has 0 amide bonds. The van der Waals surface area contributed by atoms with Crippen molar-refractivity contribution in [2.24, 2.45) is 0 Å². The van der Waals surface area contributed by atoms with Crippen molar-refractivity contribution >= 4 is 11.0 Å². The molecule has 0 aliphatic carbocycles. The summed E-state index contributed by atoms with van der Waals surface area (Å²) >= 11 is 0. The molecular weight excluding hydrogens is 420 g/mol. The van der Waals surface area contributed by atoms with E-state index < -0.39 is 0 Å². The molecule has 3 aromatic carbocycles. The number of imidazole rings is 1. The fraction of sp³-hybridized carbons (Fsp3) is 0. The first-order valence-electron chi connectivity index (χ1n) is 11.1. The molecule has 0 bridgehead atoms. The molecule has 0 N–H and O–H groups in total. The normalized spacial score (nSPS) is 11.1. The van der Waals surface area contributed by atoms with Crippen molar-refractivity contribution in [3.63, 3.8) is 0 Å². The number of nitrogens with zero attached hydrogens (tertiary/aromatic N) is 4. The average molecular weight is 441 g/mol. The van der Waals surface area contributed by atoms with Gasteiger partial charge < -0.3 is 0 Å². The summed E-state index contributed by atoms with van der Waals surface area (Å²) < 4.78 is 3.72. The summed E-state index contributed by atoms with van der Waals surface area (Å²) in [5.74, 6) is 0.597. The summed E-state index contributed by atoms with van der Waals surface area (Å²) in [6, 6.07) is 35.2. The van der Waals surface area contributed by atoms with E-state index in [0.717, 1.165) is 33.7 Å². The second kappa shape index (κ2) is 8.30. The molecule has 0 saturated heterocycles. The van der Waals surface area contributed by atoms with Gasteiger partial charge in [-0.05, 0) is 54.6 Å². The number of fused-ring (bicyclic) bond motifs is 1. The lowest BCUT2D eigenvalue weighted by atomic mass is 10.1. The van der Waals surface area contributed by atoms with Crippen molar-refractivity contribution in [3.8, 4) is 34.0 Å². The summed E-state index contributed by atoms with van der Waals surface area (Å²) in [7, 11) is 0. The second-order valence-electron chi connectivity index (χ2n) is 7.96. The van der Waals surface area contributed by atoms with E-state index in [1.165, 1.54) is 0 Å². The zero-order valence-corrected chi connectivity index (χ0v) is 18.2. The number of pyridine rings is 2. The second-order valence-corrected chi connectivity index (χ2v) is 7.96. The average Bonchev–Trinajstić information content (AvgIpc) is 3.30. The molecule has 0 aliphatic rings. The van der Waals surface area contributed by atoms with Crippen molar-refractivity contribution in [2.45, 2.75) is 0 Å². The number of hydrogen-bond acceptors (Lipinski definition) is 3. The number of hydrogen-bond donors (Lipinski definition) is 0. The predicted octanol–water partition coefficient (Wildman–Crippen LogP) is 5.91. The molecule has 6 rings (SSSR count). The van der Waals surface area contributed by atoms with Gasteiger partial charge in [-0.1, -0.05) is 54.6 Å². The lowest BCUT2D eigenvalue weighted by molar-refractivity contribution is 0.980. The van der Waals surface area contributed by atoms with Crippen molar-refractivity contribution in [3.05, 3.63) is 132 Å². The van der Waals surface area contributed by atoms with E-state index in [2.05, 4.69) is 4.98 Å². The smallest absolute Gasteiger partial charge is 0.266 e. The van der Waals surface area contributed by atoms with Crippen molar-refractivity contribution in [1.82, 2.24) is 19.1 Å². The fourth-order valence-electron chi connectivity index (χ4n) is 4.24. The maximum Gasteiger partial charge on any atom is 0.266 e. The van der Waals surface area contributed by atoms with E-state index in [9.17, 15) is 4.79 Å². The molecule has 0 atom stereocenters. The van der Waals surface area contributed by atoms with Crippen LogP contribution in [0.5, 0.6) is 0 Å². The van der Waals surface area contributed by atoms with Crippen LogP contribution < -0.4 is 5.56 Å². The minimum absolute atomic E-state index is 0.140. The van der Waals surface area contributed by atoms with Crippen LogP contribution in [0.3, 0.4) is 0 Å². The summed E-state index contributed by atoms with van der Waals surface area (Å²) in [4.78, 5) is 23.4. The molecule has 0 saturated carbocycles. The van der Waals surface area contributed by atoms with Crippen molar-refractivity contribution in [1.29, 1.82) is 0 Å². The van der Waals surface area contributed by atoms with Gasteiger partial charge in [0.1, 0.15) is 0 Å². The highest BCUT2D eigenvalue weighted by Crippen LogP contribution is 2.29. The highest BCUT2D eigenvalue weighted by Gasteiger charge is 2.20. The van der Waals surface area contributed by atoms with E-state index in [-0.39, 0.29) is 5.56 Å². The van der Waals surface area contributed by atoms with E-state index in [4.69, 9.17) is 4.98 Å². The summed E-state index contributed by atoms with van der Waals surface area (Å²) in [5, 5.41) is 0. The molecule has 0 spiro atoms. The first-order chi connectivity index (χ1) is 16.8. The van der Waals surface area contributed by atoms with Crippen LogP contribution in [0.25, 0.3) is 45.1 Å². The van der Waals surface area contributed by atoms with Gasteiger partial charge in [0.05, 0.1) is 22.3 Å². The molecule has 0 aliphatic heterocycles. The van der Waals surface area contributed by atoms with Gasteiger partial charge in [0, 0.05) is 29.3 Å². The van der Waals surface area contributed by atoms with Gasteiger partial charge in [0.25, 0.3) is 5.56 Å². The molecule has 3 heterocycles. The molecule has 6 aromatic rings. The number of rotatable bonds is 4. The van der Waals surface area contributed by atoms with Crippen LogP contribution in [0.15, 0.2) is 126 Å². The Morgan fingerprint density at radius 3 is 2.09 bits per heavy atom. The van der Waals surface area contributed by atoms with Crippen LogP contribution in [0.4, 0.5) is 0 Å². The van der Waals surface area contributed by atoms with Crippen molar-refractivity contribution < 1.29 is 0 Å². The van der Waals surface area contributed by atoms with Crippen LogP contribution in [-0.4, -0.2) is 19.1 Å². The third kappa shape index (κ3) is 3.40. The van der Waals surface area contributed by atoms with Gasteiger partial charge in [-0.2, -0.15) is 0 Å². The molecule has 0 unspecified atom stereocenters. The monoisotopic (exact) mass is 440 g/mol. The molecule has 5 nitrogen and oxygen atoms in total. The number of benzene rings is 3. The number of para-hydroxylation sites is 4. The Hall–Kier alpha value is -4.77. The van der Waals surface area contributed by atoms with Gasteiger partial charge in [0.15, 0.2) is 5.82 Å². The van der Waals surface area contributed by atoms with Gasteiger partial charge in [0.2, 0.25) is 0 Å². The third-order valence-corrected chi connectivity index (χ3v) is 5.83. The lowest BCUT2D eigenvalue weighted by Crippen LogP contribution is -2.21. The lowest BCUT2D eigenvalue weighted by Gasteiger charge is -2.14. The maximum absolute atomic E-state index is 13.9. The molecular formula is C29H20N4O. The van der Waals surface area contributed by atoms with Gasteiger partial charge >= 0.3 is 0 Å². The molecule has 5 heteroatoms. The van der Waals surface area contributed by atoms with Gasteiger partial charge in [-0.15, -0.1) is 0 Å². The van der Waals surface area contributed by atoms with E-state index in [0.29, 0.717) is 11.4 Å². The first kappa shape index (κ1) is 19.9. The van der Waals surface area contributed by atoms with Gasteiger partial charge in [-0.25, -0.2) is 4.98 Å². The Morgan fingerprint density at radius 2 is 1.35 bits per heavy atom. The minimum atomic E-state index is -0.140. The van der Waals surface area contributed by atoms with Gasteiger partial charge in [-0.3, -0.25) is 18.9 Å². The van der Waals surface area contributed by atoms with Crippen molar-refractivity contribution in [2.75, 3.05) is 0 Å². The molecule has 34 heavy (non-hydrogen) atoms. The molecule has 0 radical (unpaired) electrons. The maximum atomic E-state index is 13.9. The Bertz CT molecular complexity index is 1650. The predicted molar refractivity (Wildman–Crippen MR) is 135 cm³/mol. The zero-order valence-electron chi connectivity index (χ0n) is 18.2. The SMILES string of the molecule is O=c1c(-c2nc3ccccc3n2-c2ccccc2)cc(-c2ccccn2)cn1-c1ccccc1. The molecule has 162 valence electrons. The molecule has 3 aromatic heterocycles. The standard InChI is InChI=1S/C29H20N4O/c34-29-24(28-31-26-16-7-8-17-27(26)33(28)23-13-5-2-6-14-23)19-21(25-15-9-10-18-30-25)20-32(29)22-11-3-1-4-12-22/h1-20H. The topological polar surface area (TPSA) is 52.7 Å². The van der Waals surface area contributed by atoms with Crippen LogP contribution in [-0.2, 0) is 0 Å². The van der Waals surface area contributed by atoms with E-state index in [1.54, 1.807) is 10.8 Å². The number of aromatic nitrogens is 4. The summed E-state index contributed by atoms with van der Waals surface area (Å²) in [6.07, 6.45) is 3.60. The molecule has 0 fully saturated rings. The van der Waals surface area contributed by atoms with E-state index >= 15 is 0 Å². The third-order valence-electron chi connectivity index (χ3n) is 5.83. The largest absolute Gasteiger partial charge is 0.292 e. The van der Waals surface area contributed by atoms with Crippen LogP contribution in [0, 0.1) is 0 Å². The van der Waals surface area contributed by atoms with Crippen LogP contribution in [0.1, 0.15) is 0 Å². The Kier molecular flexibility index (Phi) is 4.85. The first-order valence-corrected chi connectivity index (χ1v) is 11.1. The zero-order chi connectivity index (χ0) is 22.9. The Morgan fingerprint density at radius 1 is 0.676 bits per heavy atom. The minimum Gasteiger partial charge on any atom is -0.292 e. The van der Waals surface area contributed by atoms with Crippen LogP contribution in [0.2, 0.25) is 0 Å². The Balaban J connectivity index is 1.70. The highest BCUT2D eigenvalue weighted by atomic mass is 16.1. The highest BCUT2D eigenvalue weighted by molar-refractivity contribution is 5.84. The van der Waals surface area contributed by atoms with E-state index in [1.807, 2.05) is 120 Å². The summed E-state index contributed by atoms with van der Waals surface area (Å²) in [5.41, 5.74) is 5.49.